The summed E-state index contributed by atoms with van der Waals surface area (Å²) in [5.41, 5.74) is 0.768. The van der Waals surface area contributed by atoms with Crippen molar-refractivity contribution in [3.63, 3.8) is 0 Å². The van der Waals surface area contributed by atoms with Gasteiger partial charge in [-0.2, -0.15) is 13.2 Å². The van der Waals surface area contributed by atoms with Gasteiger partial charge in [-0.1, -0.05) is 0 Å². The maximum Gasteiger partial charge on any atom is 0.406 e. The lowest BCUT2D eigenvalue weighted by molar-refractivity contribution is -0.141. The molecule has 2 fully saturated rings. The summed E-state index contributed by atoms with van der Waals surface area (Å²) in [7, 11) is 0. The molecule has 0 radical (unpaired) electrons. The number of aliphatic hydroxyl groups excluding tert-OH is 1. The van der Waals surface area contributed by atoms with Crippen LogP contribution in [0.15, 0.2) is 12.4 Å². The summed E-state index contributed by atoms with van der Waals surface area (Å²) in [5, 5.41) is 9.75. The summed E-state index contributed by atoms with van der Waals surface area (Å²) in [6, 6.07) is -0.356. The lowest BCUT2D eigenvalue weighted by atomic mass is 10.1. The normalized spacial score (nSPS) is 19.6. The van der Waals surface area contributed by atoms with Gasteiger partial charge in [-0.15, -0.1) is 0 Å². The molecule has 1 N–H and O–H groups in total. The van der Waals surface area contributed by atoms with Crippen molar-refractivity contribution in [2.75, 3.05) is 55.7 Å². The smallest absolute Gasteiger partial charge is 0.384 e. The van der Waals surface area contributed by atoms with E-state index in [1.54, 1.807) is 18.7 Å². The standard InChI is InChI=1S/C24H30F3N9O3/c1-14-12-34(4-5-35(14)22(38)15(2)37)23-30-18-20(33-6-8-39-9-7-33)31-19(17-10-28-16(3)29-11-17)32-21(18)36(23)13-24(25,26)27/h10-11,14-15,37H,4-9,12-13H2,1-3H3/t14-,15+/m1/s1. The van der Waals surface area contributed by atoms with Crippen LogP contribution in [0.4, 0.5) is 24.9 Å². The number of morpholine rings is 1. The first kappa shape index (κ1) is 27.0. The third kappa shape index (κ3) is 5.59. The van der Waals surface area contributed by atoms with Crippen LogP contribution in [0.3, 0.4) is 0 Å². The first-order valence-corrected chi connectivity index (χ1v) is 12.7. The lowest BCUT2D eigenvalue weighted by Crippen LogP contribution is -2.56. The molecule has 39 heavy (non-hydrogen) atoms. The van der Waals surface area contributed by atoms with Gasteiger partial charge in [-0.3, -0.25) is 9.36 Å². The number of carbonyl (C=O) groups is 1. The number of alkyl halides is 3. The quantitative estimate of drug-likeness (QED) is 0.499. The highest BCUT2D eigenvalue weighted by atomic mass is 19.4. The van der Waals surface area contributed by atoms with Crippen molar-refractivity contribution in [1.82, 2.24) is 34.4 Å². The fraction of sp³-hybridized carbons (Fsp3) is 0.583. The fourth-order valence-corrected chi connectivity index (χ4v) is 4.88. The van der Waals surface area contributed by atoms with Crippen LogP contribution in [-0.4, -0.2) is 110 Å². The summed E-state index contributed by atoms with van der Waals surface area (Å²) in [6.45, 7) is 6.20. The molecule has 15 heteroatoms. The lowest BCUT2D eigenvalue weighted by Gasteiger charge is -2.40. The van der Waals surface area contributed by atoms with E-state index < -0.39 is 24.7 Å². The van der Waals surface area contributed by atoms with E-state index in [0.717, 1.165) is 4.57 Å². The third-order valence-electron chi connectivity index (χ3n) is 6.79. The summed E-state index contributed by atoms with van der Waals surface area (Å²) in [5.74, 6) is 0.826. The molecule has 3 aromatic heterocycles. The number of hydrogen-bond acceptors (Lipinski definition) is 10. The summed E-state index contributed by atoms with van der Waals surface area (Å²) >= 11 is 0. The van der Waals surface area contributed by atoms with E-state index in [4.69, 9.17) is 9.72 Å². The Morgan fingerprint density at radius 3 is 2.41 bits per heavy atom. The molecule has 2 saturated heterocycles. The number of rotatable bonds is 5. The van der Waals surface area contributed by atoms with Gasteiger partial charge in [-0.05, 0) is 20.8 Å². The van der Waals surface area contributed by atoms with Crippen molar-refractivity contribution in [1.29, 1.82) is 0 Å². The van der Waals surface area contributed by atoms with Crippen LogP contribution >= 0.6 is 0 Å². The molecule has 0 unspecified atom stereocenters. The Kier molecular flexibility index (Phi) is 7.29. The van der Waals surface area contributed by atoms with Gasteiger partial charge in [0.15, 0.2) is 22.8 Å². The van der Waals surface area contributed by atoms with Gasteiger partial charge >= 0.3 is 6.18 Å². The predicted molar refractivity (Wildman–Crippen MR) is 135 cm³/mol. The van der Waals surface area contributed by atoms with Gasteiger partial charge in [0.25, 0.3) is 5.91 Å². The van der Waals surface area contributed by atoms with E-state index in [1.807, 2.05) is 4.90 Å². The van der Waals surface area contributed by atoms with Crippen LogP contribution < -0.4 is 9.80 Å². The fourth-order valence-electron chi connectivity index (χ4n) is 4.88. The van der Waals surface area contributed by atoms with E-state index in [-0.39, 0.29) is 48.6 Å². The van der Waals surface area contributed by atoms with E-state index >= 15 is 0 Å². The largest absolute Gasteiger partial charge is 0.406 e. The molecule has 210 valence electrons. The molecule has 12 nitrogen and oxygen atoms in total. The molecule has 0 bridgehead atoms. The molecule has 2 aliphatic rings. The highest BCUT2D eigenvalue weighted by Gasteiger charge is 2.36. The Morgan fingerprint density at radius 2 is 1.79 bits per heavy atom. The van der Waals surface area contributed by atoms with Crippen molar-refractivity contribution in [2.24, 2.45) is 0 Å². The van der Waals surface area contributed by atoms with Crippen LogP contribution in [0.1, 0.15) is 19.7 Å². The average Bonchev–Trinajstić information content (AvgIpc) is 3.25. The van der Waals surface area contributed by atoms with Crippen molar-refractivity contribution in [2.45, 2.75) is 45.6 Å². The molecule has 3 aromatic rings. The summed E-state index contributed by atoms with van der Waals surface area (Å²) in [4.78, 5) is 39.9. The van der Waals surface area contributed by atoms with Gasteiger partial charge in [0.05, 0.1) is 18.8 Å². The van der Waals surface area contributed by atoms with Gasteiger partial charge in [0, 0.05) is 51.2 Å². The Labute approximate surface area is 222 Å². The molecule has 2 aliphatic heterocycles. The van der Waals surface area contributed by atoms with E-state index in [9.17, 15) is 23.1 Å². The predicted octanol–water partition coefficient (Wildman–Crippen LogP) is 1.41. The maximum absolute atomic E-state index is 13.9. The van der Waals surface area contributed by atoms with Crippen LogP contribution in [0.2, 0.25) is 0 Å². The second-order valence-corrected chi connectivity index (χ2v) is 9.78. The zero-order valence-electron chi connectivity index (χ0n) is 21.9. The minimum Gasteiger partial charge on any atom is -0.384 e. The van der Waals surface area contributed by atoms with E-state index in [1.165, 1.54) is 24.2 Å². The van der Waals surface area contributed by atoms with Gasteiger partial charge in [0.2, 0.25) is 5.95 Å². The van der Waals surface area contributed by atoms with Gasteiger partial charge in [-0.25, -0.2) is 24.9 Å². The van der Waals surface area contributed by atoms with Crippen molar-refractivity contribution < 1.29 is 27.8 Å². The monoisotopic (exact) mass is 549 g/mol. The molecule has 0 aliphatic carbocycles. The number of anilines is 2. The second-order valence-electron chi connectivity index (χ2n) is 9.78. The number of piperazine rings is 1. The number of amides is 1. The Morgan fingerprint density at radius 1 is 1.10 bits per heavy atom. The average molecular weight is 550 g/mol. The number of fused-ring (bicyclic) bond motifs is 1. The van der Waals surface area contributed by atoms with Crippen LogP contribution in [0.25, 0.3) is 22.6 Å². The SMILES string of the molecule is Cc1ncc(-c2nc(N3CCOCC3)c3nc(N4CCN(C(=O)[C@H](C)O)[C@H](C)C4)n(CC(F)(F)F)c3n2)cn1. The number of aliphatic hydroxyl groups is 1. The molecule has 0 saturated carbocycles. The van der Waals surface area contributed by atoms with Crippen LogP contribution in [0.5, 0.6) is 0 Å². The van der Waals surface area contributed by atoms with Crippen molar-refractivity contribution >= 4 is 28.8 Å². The number of imidazole rings is 1. The molecular formula is C24H30F3N9O3. The van der Waals surface area contributed by atoms with Crippen molar-refractivity contribution in [3.8, 4) is 11.4 Å². The summed E-state index contributed by atoms with van der Waals surface area (Å²) < 4.78 is 48.3. The maximum atomic E-state index is 13.9. The molecule has 2 atom stereocenters. The number of aromatic nitrogens is 6. The number of aryl methyl sites for hydroxylation is 1. The minimum atomic E-state index is -4.55. The first-order valence-electron chi connectivity index (χ1n) is 12.7. The molecule has 0 aromatic carbocycles. The van der Waals surface area contributed by atoms with Gasteiger partial charge in [0.1, 0.15) is 18.5 Å². The molecule has 1 amide bonds. The number of nitrogens with zero attached hydrogens (tertiary/aromatic N) is 9. The Balaban J connectivity index is 1.64. The second kappa shape index (κ2) is 10.5. The number of ether oxygens (including phenoxy) is 1. The zero-order valence-corrected chi connectivity index (χ0v) is 21.9. The highest BCUT2D eigenvalue weighted by Crippen LogP contribution is 2.34. The number of carbonyl (C=O) groups excluding carboxylic acids is 1. The highest BCUT2D eigenvalue weighted by molar-refractivity contribution is 5.88. The molecule has 5 heterocycles. The summed E-state index contributed by atoms with van der Waals surface area (Å²) in [6.07, 6.45) is -2.63. The van der Waals surface area contributed by atoms with Crippen molar-refractivity contribution in [3.05, 3.63) is 18.2 Å². The minimum absolute atomic E-state index is 0.0459. The van der Waals surface area contributed by atoms with Gasteiger partial charge < -0.3 is 24.5 Å². The van der Waals surface area contributed by atoms with E-state index in [2.05, 4.69) is 19.9 Å². The van der Waals surface area contributed by atoms with E-state index in [0.29, 0.717) is 43.5 Å². The topological polar surface area (TPSA) is 126 Å². The molecule has 0 spiro atoms. The molecular weight excluding hydrogens is 519 g/mol. The Bertz CT molecular complexity index is 1340. The number of hydrogen-bond donors (Lipinski definition) is 1. The number of halogens is 3. The zero-order chi connectivity index (χ0) is 27.9. The molecule has 5 rings (SSSR count). The first-order chi connectivity index (χ1) is 18.5. The van der Waals surface area contributed by atoms with Crippen LogP contribution in [0, 0.1) is 6.92 Å². The Hall–Kier alpha value is -3.59. The van der Waals surface area contributed by atoms with Crippen LogP contribution in [-0.2, 0) is 16.1 Å². The third-order valence-corrected chi connectivity index (χ3v) is 6.79.